The molecule has 5 nitrogen and oxygen atoms in total. The number of hydrogen-bond donors (Lipinski definition) is 1. The normalized spacial score (nSPS) is 19.4. The van der Waals surface area contributed by atoms with Crippen LogP contribution in [0, 0.1) is 5.82 Å². The topological polar surface area (TPSA) is 64.2 Å². The molecule has 2 aromatic rings. The maximum Gasteiger partial charge on any atom is 0.234 e. The first kappa shape index (κ1) is 14.0. The summed E-state index contributed by atoms with van der Waals surface area (Å²) in [5.41, 5.74) is 6.63. The second-order valence-corrected chi connectivity index (χ2v) is 5.41. The van der Waals surface area contributed by atoms with Crippen molar-refractivity contribution in [1.82, 2.24) is 14.5 Å². The lowest BCUT2D eigenvalue weighted by Gasteiger charge is -2.21. The molecule has 1 aliphatic heterocycles. The molecule has 1 saturated heterocycles. The first-order valence-corrected chi connectivity index (χ1v) is 7.28. The van der Waals surface area contributed by atoms with E-state index < -0.39 is 0 Å². The summed E-state index contributed by atoms with van der Waals surface area (Å²) in [5.74, 6) is 0.178. The van der Waals surface area contributed by atoms with Crippen LogP contribution in [0.1, 0.15) is 25.6 Å². The van der Waals surface area contributed by atoms with Crippen molar-refractivity contribution < 1.29 is 9.18 Å². The Kier molecular flexibility index (Phi) is 3.63. The predicted molar refractivity (Wildman–Crippen MR) is 78.0 cm³/mol. The van der Waals surface area contributed by atoms with Gasteiger partial charge >= 0.3 is 0 Å². The number of nitrogens with zero attached hydrogens (tertiary/aromatic N) is 3. The van der Waals surface area contributed by atoms with Gasteiger partial charge in [-0.2, -0.15) is 0 Å². The van der Waals surface area contributed by atoms with Crippen molar-refractivity contribution in [3.8, 4) is 0 Å². The number of aryl methyl sites for hydroxylation is 1. The number of carbonyl (C=O) groups is 1. The molecular weight excluding hydrogens is 271 g/mol. The van der Waals surface area contributed by atoms with Gasteiger partial charge in [-0.15, -0.1) is 0 Å². The van der Waals surface area contributed by atoms with Gasteiger partial charge in [-0.3, -0.25) is 9.69 Å². The largest absolute Gasteiger partial charge is 0.368 e. The van der Waals surface area contributed by atoms with Crippen molar-refractivity contribution >= 4 is 16.9 Å². The molecule has 0 unspecified atom stereocenters. The third-order valence-electron chi connectivity index (χ3n) is 4.16. The molecular formula is C15H19FN4O. The number of likely N-dealkylation sites (tertiary alicyclic amines) is 1. The van der Waals surface area contributed by atoms with Gasteiger partial charge < -0.3 is 10.3 Å². The number of rotatable bonds is 4. The van der Waals surface area contributed by atoms with E-state index in [4.69, 9.17) is 5.73 Å². The summed E-state index contributed by atoms with van der Waals surface area (Å²) in [7, 11) is 0. The maximum absolute atomic E-state index is 13.9. The number of hydrogen-bond acceptors (Lipinski definition) is 3. The molecule has 1 aliphatic rings. The van der Waals surface area contributed by atoms with Gasteiger partial charge in [0.15, 0.2) is 5.82 Å². The first-order chi connectivity index (χ1) is 10.1. The van der Waals surface area contributed by atoms with Gasteiger partial charge in [0.2, 0.25) is 5.91 Å². The van der Waals surface area contributed by atoms with Crippen molar-refractivity contribution in [2.75, 3.05) is 6.54 Å². The zero-order chi connectivity index (χ0) is 15.0. The molecule has 1 atom stereocenters. The zero-order valence-corrected chi connectivity index (χ0v) is 12.1. The third kappa shape index (κ3) is 2.40. The number of nitrogens with two attached hydrogens (primary N) is 1. The Morgan fingerprint density at radius 3 is 3.05 bits per heavy atom. The number of imidazole rings is 1. The quantitative estimate of drug-likeness (QED) is 0.931. The van der Waals surface area contributed by atoms with Crippen LogP contribution >= 0.6 is 0 Å². The highest BCUT2D eigenvalue weighted by Crippen LogP contribution is 2.23. The van der Waals surface area contributed by atoms with Gasteiger partial charge in [-0.05, 0) is 38.4 Å². The van der Waals surface area contributed by atoms with Gasteiger partial charge in [0.1, 0.15) is 11.3 Å². The van der Waals surface area contributed by atoms with Crippen LogP contribution in [0.3, 0.4) is 0 Å². The molecule has 3 rings (SSSR count). The van der Waals surface area contributed by atoms with E-state index in [-0.39, 0.29) is 17.8 Å². The Hall–Kier alpha value is -1.95. The average Bonchev–Trinajstić information content (AvgIpc) is 3.04. The van der Waals surface area contributed by atoms with E-state index in [1.807, 2.05) is 22.5 Å². The maximum atomic E-state index is 13.9. The van der Waals surface area contributed by atoms with E-state index in [1.54, 1.807) is 6.07 Å². The fourth-order valence-corrected chi connectivity index (χ4v) is 3.15. The lowest BCUT2D eigenvalue weighted by molar-refractivity contribution is -0.122. The SMILES string of the molecule is CCn1c(CN2CCC[C@H]2C(N)=O)nc2c(F)cccc21. The second kappa shape index (κ2) is 5.44. The van der Waals surface area contributed by atoms with E-state index in [0.717, 1.165) is 30.7 Å². The number of primary amides is 1. The summed E-state index contributed by atoms with van der Waals surface area (Å²) in [6.45, 7) is 4.06. The van der Waals surface area contributed by atoms with Crippen LogP contribution < -0.4 is 5.73 Å². The molecule has 112 valence electrons. The minimum atomic E-state index is -0.311. The average molecular weight is 290 g/mol. The van der Waals surface area contributed by atoms with Crippen molar-refractivity contribution in [2.24, 2.45) is 5.73 Å². The smallest absolute Gasteiger partial charge is 0.234 e. The van der Waals surface area contributed by atoms with Crippen LogP contribution in [0.2, 0.25) is 0 Å². The first-order valence-electron chi connectivity index (χ1n) is 7.28. The van der Waals surface area contributed by atoms with Gasteiger partial charge in [0.25, 0.3) is 0 Å². The number of halogens is 1. The molecule has 2 heterocycles. The molecule has 0 radical (unpaired) electrons. The number of fused-ring (bicyclic) bond motifs is 1. The molecule has 1 amide bonds. The number of aromatic nitrogens is 2. The van der Waals surface area contributed by atoms with Gasteiger partial charge in [0.05, 0.1) is 18.1 Å². The van der Waals surface area contributed by atoms with E-state index in [0.29, 0.717) is 18.6 Å². The monoisotopic (exact) mass is 290 g/mol. The molecule has 2 N–H and O–H groups in total. The Bertz CT molecular complexity index is 682. The van der Waals surface area contributed by atoms with Crippen LogP contribution in [-0.2, 0) is 17.9 Å². The lowest BCUT2D eigenvalue weighted by Crippen LogP contribution is -2.40. The van der Waals surface area contributed by atoms with Gasteiger partial charge in [0, 0.05) is 6.54 Å². The summed E-state index contributed by atoms with van der Waals surface area (Å²) >= 11 is 0. The molecule has 0 saturated carbocycles. The molecule has 1 fully saturated rings. The van der Waals surface area contributed by atoms with E-state index >= 15 is 0 Å². The summed E-state index contributed by atoms with van der Waals surface area (Å²) < 4.78 is 15.9. The fraction of sp³-hybridized carbons (Fsp3) is 0.467. The standard InChI is InChI=1S/C15H19FN4O/c1-2-20-11-6-3-5-10(16)14(11)18-13(20)9-19-8-4-7-12(19)15(17)21/h3,5-6,12H,2,4,7-9H2,1H3,(H2,17,21)/t12-/m0/s1. The molecule has 0 aliphatic carbocycles. The van der Waals surface area contributed by atoms with Crippen molar-refractivity contribution in [3.63, 3.8) is 0 Å². The Morgan fingerprint density at radius 2 is 2.33 bits per heavy atom. The van der Waals surface area contributed by atoms with Crippen LogP contribution in [0.15, 0.2) is 18.2 Å². The number of benzene rings is 1. The van der Waals surface area contributed by atoms with E-state index in [1.165, 1.54) is 6.07 Å². The number of carbonyl (C=O) groups excluding carboxylic acids is 1. The van der Waals surface area contributed by atoms with Crippen molar-refractivity contribution in [1.29, 1.82) is 0 Å². The molecule has 21 heavy (non-hydrogen) atoms. The molecule has 6 heteroatoms. The number of para-hydroxylation sites is 1. The van der Waals surface area contributed by atoms with E-state index in [9.17, 15) is 9.18 Å². The third-order valence-corrected chi connectivity index (χ3v) is 4.16. The van der Waals surface area contributed by atoms with Gasteiger partial charge in [-0.25, -0.2) is 9.37 Å². The van der Waals surface area contributed by atoms with Gasteiger partial charge in [-0.1, -0.05) is 6.07 Å². The fourth-order valence-electron chi connectivity index (χ4n) is 3.15. The second-order valence-electron chi connectivity index (χ2n) is 5.41. The zero-order valence-electron chi connectivity index (χ0n) is 12.1. The van der Waals surface area contributed by atoms with Crippen LogP contribution in [0.25, 0.3) is 11.0 Å². The Morgan fingerprint density at radius 1 is 1.52 bits per heavy atom. The highest BCUT2D eigenvalue weighted by atomic mass is 19.1. The lowest BCUT2D eigenvalue weighted by atomic mass is 10.2. The Labute approximate surface area is 122 Å². The summed E-state index contributed by atoms with van der Waals surface area (Å²) in [5, 5.41) is 0. The highest BCUT2D eigenvalue weighted by Gasteiger charge is 2.30. The van der Waals surface area contributed by atoms with Crippen LogP contribution in [0.5, 0.6) is 0 Å². The van der Waals surface area contributed by atoms with Crippen LogP contribution in [-0.4, -0.2) is 32.9 Å². The van der Waals surface area contributed by atoms with Crippen molar-refractivity contribution in [2.45, 2.75) is 38.9 Å². The minimum absolute atomic E-state index is 0.236. The summed E-state index contributed by atoms with van der Waals surface area (Å²) in [4.78, 5) is 17.9. The molecule has 0 spiro atoms. The molecule has 0 bridgehead atoms. The van der Waals surface area contributed by atoms with Crippen molar-refractivity contribution in [3.05, 3.63) is 29.8 Å². The summed E-state index contributed by atoms with van der Waals surface area (Å²) in [6, 6.07) is 4.74. The number of amides is 1. The molecule has 1 aromatic carbocycles. The Balaban J connectivity index is 1.97. The minimum Gasteiger partial charge on any atom is -0.368 e. The predicted octanol–water partition coefficient (Wildman–Crippen LogP) is 1.64. The summed E-state index contributed by atoms with van der Waals surface area (Å²) in [6.07, 6.45) is 1.74. The van der Waals surface area contributed by atoms with E-state index in [2.05, 4.69) is 4.98 Å². The van der Waals surface area contributed by atoms with Crippen LogP contribution in [0.4, 0.5) is 4.39 Å². The molecule has 1 aromatic heterocycles. The highest BCUT2D eigenvalue weighted by molar-refractivity contribution is 5.80.